The molecule has 0 aliphatic heterocycles. The van der Waals surface area contributed by atoms with E-state index in [1.807, 2.05) is 12.1 Å². The lowest BCUT2D eigenvalue weighted by Crippen LogP contribution is -2.35. The third-order valence-corrected chi connectivity index (χ3v) is 5.24. The minimum atomic E-state index is -0.785. The van der Waals surface area contributed by atoms with Crippen LogP contribution in [0, 0.1) is 18.3 Å². The Morgan fingerprint density at radius 3 is 2.43 bits per heavy atom. The van der Waals surface area contributed by atoms with Crippen LogP contribution in [-0.4, -0.2) is 5.11 Å². The molecule has 3 rings (SSSR count). The monoisotopic (exact) mass is 286 g/mol. The summed E-state index contributed by atoms with van der Waals surface area (Å²) in [4.78, 5) is 0. The van der Waals surface area contributed by atoms with Crippen molar-refractivity contribution in [3.05, 3.63) is 35.6 Å². The van der Waals surface area contributed by atoms with Crippen LogP contribution in [0.3, 0.4) is 0 Å². The molecule has 2 nitrogen and oxygen atoms in total. The molecule has 114 valence electrons. The zero-order valence-electron chi connectivity index (χ0n) is 13.6. The molecule has 0 saturated heterocycles. The number of aryl methyl sites for hydroxylation is 1. The number of para-hydroxylation sites is 1. The molecule has 0 unspecified atom stereocenters. The average Bonchev–Trinajstić information content (AvgIpc) is 2.84. The third-order valence-electron chi connectivity index (χ3n) is 5.24. The van der Waals surface area contributed by atoms with Crippen molar-refractivity contribution >= 4 is 11.0 Å². The number of hydrogen-bond acceptors (Lipinski definition) is 2. The molecule has 21 heavy (non-hydrogen) atoms. The zero-order chi connectivity index (χ0) is 15.3. The van der Waals surface area contributed by atoms with Crippen molar-refractivity contribution in [2.45, 2.75) is 59.0 Å². The fraction of sp³-hybridized carbons (Fsp3) is 0.579. The summed E-state index contributed by atoms with van der Waals surface area (Å²) in [6.45, 7) is 8.95. The molecule has 1 aliphatic carbocycles. The molecule has 0 spiro atoms. The summed E-state index contributed by atoms with van der Waals surface area (Å²) in [6, 6.07) is 8.17. The van der Waals surface area contributed by atoms with E-state index in [0.29, 0.717) is 11.3 Å². The fourth-order valence-electron chi connectivity index (χ4n) is 3.65. The van der Waals surface area contributed by atoms with Crippen LogP contribution in [0.25, 0.3) is 11.0 Å². The molecule has 1 aliphatic rings. The third kappa shape index (κ3) is 2.62. The lowest BCUT2D eigenvalue weighted by atomic mass is 9.68. The van der Waals surface area contributed by atoms with E-state index in [1.165, 1.54) is 0 Å². The molecule has 0 bridgehead atoms. The van der Waals surface area contributed by atoms with Crippen molar-refractivity contribution in [1.29, 1.82) is 0 Å². The van der Waals surface area contributed by atoms with E-state index in [1.54, 1.807) is 0 Å². The first-order chi connectivity index (χ1) is 9.79. The minimum Gasteiger partial charge on any atom is -0.458 e. The average molecular weight is 286 g/mol. The SMILES string of the molecule is Cc1cccc2cc(C3(O)CCC(C(C)(C)C)CC3)oc12. The predicted octanol–water partition coefficient (Wildman–Crippen LogP) is 5.17. The van der Waals surface area contributed by atoms with E-state index >= 15 is 0 Å². The number of aliphatic hydroxyl groups is 1. The van der Waals surface area contributed by atoms with Gasteiger partial charge in [-0.3, -0.25) is 0 Å². The van der Waals surface area contributed by atoms with Gasteiger partial charge >= 0.3 is 0 Å². The Hall–Kier alpha value is -1.28. The molecule has 1 saturated carbocycles. The van der Waals surface area contributed by atoms with E-state index in [9.17, 15) is 5.11 Å². The maximum atomic E-state index is 11.0. The van der Waals surface area contributed by atoms with Crippen LogP contribution in [0.4, 0.5) is 0 Å². The number of rotatable bonds is 1. The van der Waals surface area contributed by atoms with E-state index in [0.717, 1.165) is 48.0 Å². The van der Waals surface area contributed by atoms with Gasteiger partial charge in [-0.2, -0.15) is 0 Å². The Kier molecular flexibility index (Phi) is 3.40. The summed E-state index contributed by atoms with van der Waals surface area (Å²) in [5.41, 5.74) is 1.59. The van der Waals surface area contributed by atoms with Gasteiger partial charge in [-0.05, 0) is 55.6 Å². The van der Waals surface area contributed by atoms with Crippen molar-refractivity contribution in [2.75, 3.05) is 0 Å². The molecule has 1 aromatic heterocycles. The van der Waals surface area contributed by atoms with Gasteiger partial charge in [-0.25, -0.2) is 0 Å². The van der Waals surface area contributed by atoms with Gasteiger partial charge in [0.15, 0.2) is 0 Å². The first-order valence-corrected chi connectivity index (χ1v) is 8.02. The number of furan rings is 1. The predicted molar refractivity (Wildman–Crippen MR) is 86.3 cm³/mol. The van der Waals surface area contributed by atoms with Crippen LogP contribution in [0.5, 0.6) is 0 Å². The highest BCUT2D eigenvalue weighted by molar-refractivity contribution is 5.81. The molecule has 0 radical (unpaired) electrons. The van der Waals surface area contributed by atoms with Crippen LogP contribution in [0.15, 0.2) is 28.7 Å². The molecule has 0 amide bonds. The van der Waals surface area contributed by atoms with Gasteiger partial charge in [-0.1, -0.05) is 39.0 Å². The molecule has 1 N–H and O–H groups in total. The quantitative estimate of drug-likeness (QED) is 0.785. The zero-order valence-corrected chi connectivity index (χ0v) is 13.6. The van der Waals surface area contributed by atoms with E-state index in [-0.39, 0.29) is 0 Å². The summed E-state index contributed by atoms with van der Waals surface area (Å²) in [5.74, 6) is 1.43. The van der Waals surface area contributed by atoms with Crippen molar-refractivity contribution in [1.82, 2.24) is 0 Å². The summed E-state index contributed by atoms with van der Waals surface area (Å²) in [6.07, 6.45) is 3.73. The van der Waals surface area contributed by atoms with Crippen LogP contribution in [0.2, 0.25) is 0 Å². The number of hydrogen-bond donors (Lipinski definition) is 1. The standard InChI is InChI=1S/C19H26O2/c1-13-6-5-7-14-12-16(21-17(13)14)19(20)10-8-15(9-11-19)18(2,3)4/h5-7,12,15,20H,8-11H2,1-4H3. The topological polar surface area (TPSA) is 33.4 Å². The lowest BCUT2D eigenvalue weighted by Gasteiger charge is -2.40. The fourth-order valence-corrected chi connectivity index (χ4v) is 3.65. The molecule has 1 heterocycles. The maximum absolute atomic E-state index is 11.0. The van der Waals surface area contributed by atoms with Crippen molar-refractivity contribution in [2.24, 2.45) is 11.3 Å². The first kappa shape index (κ1) is 14.6. The highest BCUT2D eigenvalue weighted by atomic mass is 16.4. The van der Waals surface area contributed by atoms with Crippen LogP contribution in [-0.2, 0) is 5.60 Å². The molecule has 2 heteroatoms. The van der Waals surface area contributed by atoms with Gasteiger partial charge in [-0.15, -0.1) is 0 Å². The Balaban J connectivity index is 1.87. The number of fused-ring (bicyclic) bond motifs is 1. The summed E-state index contributed by atoms with van der Waals surface area (Å²) >= 11 is 0. The Labute approximate surface area is 127 Å². The number of benzene rings is 1. The minimum absolute atomic E-state index is 0.325. The second-order valence-electron chi connectivity index (χ2n) is 7.78. The molecular weight excluding hydrogens is 260 g/mol. The lowest BCUT2D eigenvalue weighted by molar-refractivity contribution is -0.0444. The first-order valence-electron chi connectivity index (χ1n) is 8.02. The highest BCUT2D eigenvalue weighted by Gasteiger charge is 2.40. The van der Waals surface area contributed by atoms with Gasteiger partial charge in [0.2, 0.25) is 0 Å². The molecular formula is C19H26O2. The molecule has 0 atom stereocenters. The molecule has 1 aromatic carbocycles. The van der Waals surface area contributed by atoms with E-state index in [4.69, 9.17) is 4.42 Å². The highest BCUT2D eigenvalue weighted by Crippen LogP contribution is 2.46. The van der Waals surface area contributed by atoms with E-state index < -0.39 is 5.60 Å². The van der Waals surface area contributed by atoms with Gasteiger partial charge < -0.3 is 9.52 Å². The summed E-state index contributed by atoms with van der Waals surface area (Å²) in [7, 11) is 0. The molecule has 1 fully saturated rings. The molecule has 2 aromatic rings. The van der Waals surface area contributed by atoms with Crippen molar-refractivity contribution in [3.63, 3.8) is 0 Å². The van der Waals surface area contributed by atoms with Gasteiger partial charge in [0, 0.05) is 5.39 Å². The van der Waals surface area contributed by atoms with Crippen LogP contribution < -0.4 is 0 Å². The van der Waals surface area contributed by atoms with Gasteiger partial charge in [0.1, 0.15) is 16.9 Å². The van der Waals surface area contributed by atoms with Gasteiger partial charge in [0.25, 0.3) is 0 Å². The maximum Gasteiger partial charge on any atom is 0.137 e. The smallest absolute Gasteiger partial charge is 0.137 e. The van der Waals surface area contributed by atoms with Crippen LogP contribution >= 0.6 is 0 Å². The Bertz CT molecular complexity index is 637. The normalized spacial score (nSPS) is 27.2. The van der Waals surface area contributed by atoms with Crippen molar-refractivity contribution < 1.29 is 9.52 Å². The summed E-state index contributed by atoms with van der Waals surface area (Å²) < 4.78 is 6.01. The second-order valence-corrected chi connectivity index (χ2v) is 7.78. The summed E-state index contributed by atoms with van der Waals surface area (Å²) in [5, 5.41) is 12.1. The Morgan fingerprint density at radius 1 is 1.19 bits per heavy atom. The Morgan fingerprint density at radius 2 is 1.86 bits per heavy atom. The van der Waals surface area contributed by atoms with E-state index in [2.05, 4.69) is 39.8 Å². The van der Waals surface area contributed by atoms with Crippen LogP contribution in [0.1, 0.15) is 57.8 Å². The van der Waals surface area contributed by atoms with Crippen molar-refractivity contribution in [3.8, 4) is 0 Å². The second kappa shape index (κ2) is 4.88. The van der Waals surface area contributed by atoms with Gasteiger partial charge in [0.05, 0.1) is 0 Å². The largest absolute Gasteiger partial charge is 0.458 e.